The van der Waals surface area contributed by atoms with Crippen LogP contribution in [0.3, 0.4) is 0 Å². The Hall–Kier alpha value is -3.93. The van der Waals surface area contributed by atoms with Gasteiger partial charge in [-0.05, 0) is 42.2 Å². The van der Waals surface area contributed by atoms with E-state index in [4.69, 9.17) is 0 Å². The first kappa shape index (κ1) is 22.7. The first-order chi connectivity index (χ1) is 15.5. The van der Waals surface area contributed by atoms with Crippen molar-refractivity contribution in [2.75, 3.05) is 5.32 Å². The van der Waals surface area contributed by atoms with Crippen molar-refractivity contribution in [3.8, 4) is 0 Å². The summed E-state index contributed by atoms with van der Waals surface area (Å²) in [5.74, 6) is -1.93. The highest BCUT2D eigenvalue weighted by atomic mass is 16.2. The monoisotopic (exact) mass is 429 g/mol. The van der Waals surface area contributed by atoms with Gasteiger partial charge in [0.05, 0.1) is 11.3 Å². The summed E-state index contributed by atoms with van der Waals surface area (Å²) in [7, 11) is 0. The Kier molecular flexibility index (Phi) is 7.75. The molecule has 0 aliphatic heterocycles. The van der Waals surface area contributed by atoms with E-state index in [1.807, 2.05) is 55.5 Å². The number of aryl methyl sites for hydroxylation is 2. The molecular weight excluding hydrogens is 402 g/mol. The predicted octanol–water partition coefficient (Wildman–Crippen LogP) is 3.74. The summed E-state index contributed by atoms with van der Waals surface area (Å²) in [4.78, 5) is 37.2. The third-order valence-electron chi connectivity index (χ3n) is 5.08. The molecule has 3 rings (SSSR count). The second-order valence-corrected chi connectivity index (χ2v) is 7.52. The summed E-state index contributed by atoms with van der Waals surface area (Å²) in [6.07, 6.45) is 0.957. The van der Waals surface area contributed by atoms with E-state index >= 15 is 0 Å². The lowest BCUT2D eigenvalue weighted by Gasteiger charge is -2.12. The molecule has 0 bridgehead atoms. The molecule has 0 heterocycles. The highest BCUT2D eigenvalue weighted by Crippen LogP contribution is 2.15. The fourth-order valence-corrected chi connectivity index (χ4v) is 3.11. The maximum atomic E-state index is 12.7. The minimum atomic E-state index is -0.826. The lowest BCUT2D eigenvalue weighted by molar-refractivity contribution is -0.136. The molecule has 3 amide bonds. The topological polar surface area (TPSA) is 87.3 Å². The minimum absolute atomic E-state index is 0.242. The Labute approximate surface area is 188 Å². The van der Waals surface area contributed by atoms with Crippen LogP contribution in [0.15, 0.2) is 72.8 Å². The summed E-state index contributed by atoms with van der Waals surface area (Å²) in [5, 5.41) is 7.99. The summed E-state index contributed by atoms with van der Waals surface area (Å²) in [6.45, 7) is 4.67. The highest BCUT2D eigenvalue weighted by Gasteiger charge is 2.17. The molecule has 0 fully saturated rings. The standard InChI is InChI=1S/C26H27N3O3/c1-3-19-12-14-21(15-13-19)16-27-24(30)22-6-4-5-7-23(22)29-26(32)25(31)28-17-20-10-8-18(2)9-11-20/h4-15H,3,16-17H2,1-2H3,(H,27,30)(H,28,31)(H,29,32). The normalized spacial score (nSPS) is 10.3. The van der Waals surface area contributed by atoms with Crippen molar-refractivity contribution in [1.29, 1.82) is 0 Å². The fraction of sp³-hybridized carbons (Fsp3) is 0.192. The molecule has 3 N–H and O–H groups in total. The number of hydrogen-bond donors (Lipinski definition) is 3. The zero-order valence-electron chi connectivity index (χ0n) is 18.3. The van der Waals surface area contributed by atoms with Crippen LogP contribution in [0.25, 0.3) is 0 Å². The van der Waals surface area contributed by atoms with Crippen LogP contribution < -0.4 is 16.0 Å². The molecule has 0 saturated heterocycles. The Bertz CT molecular complexity index is 1090. The van der Waals surface area contributed by atoms with Crippen LogP contribution in [0.2, 0.25) is 0 Å². The molecule has 3 aromatic rings. The minimum Gasteiger partial charge on any atom is -0.348 e. The van der Waals surface area contributed by atoms with Crippen molar-refractivity contribution in [2.45, 2.75) is 33.4 Å². The molecule has 3 aromatic carbocycles. The Morgan fingerprint density at radius 3 is 1.91 bits per heavy atom. The number of anilines is 1. The van der Waals surface area contributed by atoms with Gasteiger partial charge in [-0.15, -0.1) is 0 Å². The van der Waals surface area contributed by atoms with Crippen LogP contribution in [0, 0.1) is 6.92 Å². The molecule has 0 radical (unpaired) electrons. The zero-order valence-corrected chi connectivity index (χ0v) is 18.3. The smallest absolute Gasteiger partial charge is 0.313 e. The summed E-state index contributed by atoms with van der Waals surface area (Å²) in [6, 6.07) is 22.3. The molecular formula is C26H27N3O3. The number of rotatable bonds is 7. The molecule has 0 aliphatic carbocycles. The molecule has 6 nitrogen and oxygen atoms in total. The fourth-order valence-electron chi connectivity index (χ4n) is 3.11. The Balaban J connectivity index is 1.58. The highest BCUT2D eigenvalue weighted by molar-refractivity contribution is 6.40. The number of para-hydroxylation sites is 1. The summed E-state index contributed by atoms with van der Waals surface area (Å²) >= 11 is 0. The van der Waals surface area contributed by atoms with Gasteiger partial charge in [0.25, 0.3) is 5.91 Å². The molecule has 0 saturated carbocycles. The van der Waals surface area contributed by atoms with E-state index in [2.05, 4.69) is 22.9 Å². The largest absolute Gasteiger partial charge is 0.348 e. The average Bonchev–Trinajstić information content (AvgIpc) is 2.82. The van der Waals surface area contributed by atoms with Crippen molar-refractivity contribution in [3.63, 3.8) is 0 Å². The van der Waals surface area contributed by atoms with Gasteiger partial charge >= 0.3 is 11.8 Å². The maximum absolute atomic E-state index is 12.7. The van der Waals surface area contributed by atoms with E-state index in [1.165, 1.54) is 5.56 Å². The predicted molar refractivity (Wildman–Crippen MR) is 125 cm³/mol. The van der Waals surface area contributed by atoms with E-state index in [0.29, 0.717) is 6.54 Å². The van der Waals surface area contributed by atoms with Crippen molar-refractivity contribution in [3.05, 3.63) is 101 Å². The van der Waals surface area contributed by atoms with Crippen molar-refractivity contribution >= 4 is 23.4 Å². The first-order valence-corrected chi connectivity index (χ1v) is 10.6. The second-order valence-electron chi connectivity index (χ2n) is 7.52. The summed E-state index contributed by atoms with van der Waals surface area (Å²) < 4.78 is 0. The van der Waals surface area contributed by atoms with Gasteiger partial charge in [0.1, 0.15) is 0 Å². The van der Waals surface area contributed by atoms with E-state index in [9.17, 15) is 14.4 Å². The average molecular weight is 430 g/mol. The van der Waals surface area contributed by atoms with E-state index in [0.717, 1.165) is 23.1 Å². The number of carbonyl (C=O) groups excluding carboxylic acids is 3. The molecule has 0 aromatic heterocycles. The van der Waals surface area contributed by atoms with Gasteiger partial charge in [-0.2, -0.15) is 0 Å². The number of carbonyl (C=O) groups is 3. The molecule has 6 heteroatoms. The van der Waals surface area contributed by atoms with Crippen LogP contribution in [0.4, 0.5) is 5.69 Å². The third-order valence-corrected chi connectivity index (χ3v) is 5.08. The van der Waals surface area contributed by atoms with E-state index in [1.54, 1.807) is 24.3 Å². The molecule has 32 heavy (non-hydrogen) atoms. The van der Waals surface area contributed by atoms with Crippen LogP contribution >= 0.6 is 0 Å². The van der Waals surface area contributed by atoms with Gasteiger partial charge in [0.2, 0.25) is 0 Å². The van der Waals surface area contributed by atoms with Gasteiger partial charge < -0.3 is 16.0 Å². The Morgan fingerprint density at radius 2 is 1.25 bits per heavy atom. The zero-order chi connectivity index (χ0) is 22.9. The van der Waals surface area contributed by atoms with Gasteiger partial charge in [-0.25, -0.2) is 0 Å². The molecule has 164 valence electrons. The number of nitrogens with one attached hydrogen (secondary N) is 3. The second kappa shape index (κ2) is 10.9. The SMILES string of the molecule is CCc1ccc(CNC(=O)c2ccccc2NC(=O)C(=O)NCc2ccc(C)cc2)cc1. The number of amides is 3. The van der Waals surface area contributed by atoms with Crippen LogP contribution in [0.1, 0.15) is 39.5 Å². The molecule has 0 aliphatic rings. The maximum Gasteiger partial charge on any atom is 0.313 e. The van der Waals surface area contributed by atoms with Crippen LogP contribution in [-0.2, 0) is 29.1 Å². The van der Waals surface area contributed by atoms with Gasteiger partial charge in [0, 0.05) is 13.1 Å². The molecule has 0 atom stereocenters. The first-order valence-electron chi connectivity index (χ1n) is 10.6. The molecule has 0 spiro atoms. The van der Waals surface area contributed by atoms with E-state index in [-0.39, 0.29) is 23.7 Å². The van der Waals surface area contributed by atoms with Gasteiger partial charge in [-0.1, -0.05) is 73.2 Å². The number of hydrogen-bond acceptors (Lipinski definition) is 3. The van der Waals surface area contributed by atoms with Crippen molar-refractivity contribution in [1.82, 2.24) is 10.6 Å². The van der Waals surface area contributed by atoms with Crippen LogP contribution in [0.5, 0.6) is 0 Å². The van der Waals surface area contributed by atoms with Gasteiger partial charge in [0.15, 0.2) is 0 Å². The quantitative estimate of drug-likeness (QED) is 0.500. The summed E-state index contributed by atoms with van der Waals surface area (Å²) in [5.41, 5.74) is 4.79. The lowest BCUT2D eigenvalue weighted by Crippen LogP contribution is -2.35. The van der Waals surface area contributed by atoms with E-state index < -0.39 is 11.8 Å². The molecule has 0 unspecified atom stereocenters. The third kappa shape index (κ3) is 6.28. The van der Waals surface area contributed by atoms with Crippen LogP contribution in [-0.4, -0.2) is 17.7 Å². The lowest BCUT2D eigenvalue weighted by atomic mass is 10.1. The van der Waals surface area contributed by atoms with Gasteiger partial charge in [-0.3, -0.25) is 14.4 Å². The number of benzene rings is 3. The Morgan fingerprint density at radius 1 is 0.688 bits per heavy atom. The van der Waals surface area contributed by atoms with Crippen molar-refractivity contribution in [2.24, 2.45) is 0 Å². The van der Waals surface area contributed by atoms with Crippen molar-refractivity contribution < 1.29 is 14.4 Å².